The molecule has 0 N–H and O–H groups in total. The Balaban J connectivity index is 2.18. The summed E-state index contributed by atoms with van der Waals surface area (Å²) >= 11 is 0. The molecule has 1 aromatic rings. The monoisotopic (exact) mass is 278 g/mol. The van der Waals surface area contributed by atoms with Gasteiger partial charge in [0.2, 0.25) is 0 Å². The Morgan fingerprint density at radius 3 is 2.65 bits per heavy atom. The molecule has 0 spiro atoms. The summed E-state index contributed by atoms with van der Waals surface area (Å²) in [5.41, 5.74) is 0.674. The maximum absolute atomic E-state index is 12.4. The fraction of sp³-hybridized carbons (Fsp3) is 0.562. The molecule has 0 amide bonds. The minimum Gasteiger partial charge on any atom is -0.490 e. The van der Waals surface area contributed by atoms with E-state index in [0.29, 0.717) is 36.9 Å². The van der Waals surface area contributed by atoms with Gasteiger partial charge in [-0.1, -0.05) is 0 Å². The Morgan fingerprint density at radius 1 is 1.25 bits per heavy atom. The van der Waals surface area contributed by atoms with Crippen molar-refractivity contribution in [2.75, 3.05) is 26.4 Å². The van der Waals surface area contributed by atoms with Crippen LogP contribution in [-0.4, -0.2) is 32.2 Å². The van der Waals surface area contributed by atoms with Gasteiger partial charge in [-0.15, -0.1) is 0 Å². The van der Waals surface area contributed by atoms with E-state index >= 15 is 0 Å². The molecule has 1 aromatic carbocycles. The zero-order valence-electron chi connectivity index (χ0n) is 12.2. The van der Waals surface area contributed by atoms with E-state index < -0.39 is 0 Å². The summed E-state index contributed by atoms with van der Waals surface area (Å²) < 4.78 is 16.5. The van der Waals surface area contributed by atoms with Gasteiger partial charge in [-0.3, -0.25) is 4.79 Å². The van der Waals surface area contributed by atoms with E-state index in [9.17, 15) is 4.79 Å². The number of rotatable bonds is 6. The summed E-state index contributed by atoms with van der Waals surface area (Å²) in [7, 11) is 0. The quantitative estimate of drug-likeness (QED) is 0.750. The van der Waals surface area contributed by atoms with Gasteiger partial charge in [0.1, 0.15) is 0 Å². The van der Waals surface area contributed by atoms with E-state index in [0.717, 1.165) is 19.4 Å². The lowest BCUT2D eigenvalue weighted by molar-refractivity contribution is 0.0461. The first-order valence-corrected chi connectivity index (χ1v) is 7.27. The second-order valence-corrected chi connectivity index (χ2v) is 4.81. The van der Waals surface area contributed by atoms with E-state index in [1.165, 1.54) is 0 Å². The van der Waals surface area contributed by atoms with Crippen LogP contribution in [-0.2, 0) is 4.74 Å². The molecule has 1 heterocycles. The van der Waals surface area contributed by atoms with Gasteiger partial charge in [0.15, 0.2) is 17.3 Å². The van der Waals surface area contributed by atoms with Gasteiger partial charge in [0.05, 0.1) is 19.8 Å². The number of ether oxygens (including phenoxy) is 3. The van der Waals surface area contributed by atoms with Gasteiger partial charge in [-0.05, 0) is 44.9 Å². The molecule has 0 bridgehead atoms. The summed E-state index contributed by atoms with van der Waals surface area (Å²) in [6.07, 6.45) is 1.85. The van der Waals surface area contributed by atoms with Crippen molar-refractivity contribution >= 4 is 5.78 Å². The molecule has 0 aliphatic carbocycles. The number of benzene rings is 1. The van der Waals surface area contributed by atoms with Gasteiger partial charge >= 0.3 is 0 Å². The summed E-state index contributed by atoms with van der Waals surface area (Å²) in [5.74, 6) is 1.42. The molecular formula is C16H22O4. The van der Waals surface area contributed by atoms with Crippen molar-refractivity contribution in [3.63, 3.8) is 0 Å². The highest BCUT2D eigenvalue weighted by atomic mass is 16.5. The van der Waals surface area contributed by atoms with Crippen LogP contribution in [0, 0.1) is 5.92 Å². The minimum absolute atomic E-state index is 0.0313. The lowest BCUT2D eigenvalue weighted by Crippen LogP contribution is -2.25. The van der Waals surface area contributed by atoms with E-state index in [1.54, 1.807) is 6.07 Å². The molecule has 0 saturated carbocycles. The first kappa shape index (κ1) is 14.9. The maximum Gasteiger partial charge on any atom is 0.168 e. The molecule has 1 fully saturated rings. The Labute approximate surface area is 120 Å². The van der Waals surface area contributed by atoms with Gasteiger partial charge in [-0.25, -0.2) is 0 Å². The van der Waals surface area contributed by atoms with Crippen LogP contribution in [0.1, 0.15) is 37.0 Å². The topological polar surface area (TPSA) is 44.8 Å². The Bertz CT molecular complexity index is 450. The number of Topliss-reactive ketones (excluding diaryl/α,β-unsaturated/α-hetero) is 1. The molecule has 0 radical (unpaired) electrons. The average molecular weight is 278 g/mol. The third-order valence-electron chi connectivity index (χ3n) is 3.36. The van der Waals surface area contributed by atoms with E-state index in [4.69, 9.17) is 14.2 Å². The van der Waals surface area contributed by atoms with Crippen LogP contribution in [0.15, 0.2) is 18.2 Å². The van der Waals surface area contributed by atoms with Crippen molar-refractivity contribution in [3.05, 3.63) is 23.8 Å². The van der Waals surface area contributed by atoms with Crippen molar-refractivity contribution in [1.29, 1.82) is 0 Å². The highest BCUT2D eigenvalue weighted by molar-refractivity contribution is 5.98. The molecule has 1 saturated heterocycles. The zero-order valence-corrected chi connectivity index (χ0v) is 12.2. The second-order valence-electron chi connectivity index (χ2n) is 4.81. The van der Waals surface area contributed by atoms with Crippen LogP contribution in [0.4, 0.5) is 0 Å². The average Bonchev–Trinajstić information content (AvgIpc) is 2.50. The molecule has 0 aromatic heterocycles. The number of carbonyl (C=O) groups is 1. The number of hydrogen-bond donors (Lipinski definition) is 0. The van der Waals surface area contributed by atoms with Crippen LogP contribution in [0.25, 0.3) is 0 Å². The van der Waals surface area contributed by atoms with Gasteiger partial charge in [0, 0.05) is 18.1 Å². The molecule has 1 unspecified atom stereocenters. The number of ketones is 1. The van der Waals surface area contributed by atoms with Crippen molar-refractivity contribution in [2.45, 2.75) is 26.7 Å². The zero-order chi connectivity index (χ0) is 14.4. The molecule has 4 heteroatoms. The molecule has 20 heavy (non-hydrogen) atoms. The van der Waals surface area contributed by atoms with Crippen molar-refractivity contribution < 1.29 is 19.0 Å². The molecule has 4 nitrogen and oxygen atoms in total. The fourth-order valence-electron chi connectivity index (χ4n) is 2.39. The second kappa shape index (κ2) is 7.29. The van der Waals surface area contributed by atoms with Gasteiger partial charge in [0.25, 0.3) is 0 Å². The minimum atomic E-state index is -0.0313. The summed E-state index contributed by atoms with van der Waals surface area (Å²) in [6.45, 7) is 6.24. The SMILES string of the molecule is CCOc1ccc(C(=O)C2CCCOC2)cc1OCC. The van der Waals surface area contributed by atoms with Crippen molar-refractivity contribution in [3.8, 4) is 11.5 Å². The molecular weight excluding hydrogens is 256 g/mol. The normalized spacial score (nSPS) is 18.6. The standard InChI is InChI=1S/C16H22O4/c1-3-19-14-8-7-12(10-15(14)20-4-2)16(17)13-6-5-9-18-11-13/h7-8,10,13H,3-6,9,11H2,1-2H3. The van der Waals surface area contributed by atoms with E-state index in [-0.39, 0.29) is 11.7 Å². The lowest BCUT2D eigenvalue weighted by atomic mass is 9.92. The third kappa shape index (κ3) is 3.51. The molecule has 110 valence electrons. The van der Waals surface area contributed by atoms with E-state index in [1.807, 2.05) is 26.0 Å². The van der Waals surface area contributed by atoms with Crippen LogP contribution in [0.3, 0.4) is 0 Å². The van der Waals surface area contributed by atoms with Crippen LogP contribution in [0.5, 0.6) is 11.5 Å². The predicted octanol–water partition coefficient (Wildman–Crippen LogP) is 3.09. The lowest BCUT2D eigenvalue weighted by Gasteiger charge is -2.21. The highest BCUT2D eigenvalue weighted by Gasteiger charge is 2.23. The highest BCUT2D eigenvalue weighted by Crippen LogP contribution is 2.30. The first-order valence-electron chi connectivity index (χ1n) is 7.27. The number of carbonyl (C=O) groups excluding carboxylic acids is 1. The Hall–Kier alpha value is -1.55. The number of hydrogen-bond acceptors (Lipinski definition) is 4. The van der Waals surface area contributed by atoms with Gasteiger partial charge in [-0.2, -0.15) is 0 Å². The largest absolute Gasteiger partial charge is 0.490 e. The third-order valence-corrected chi connectivity index (χ3v) is 3.36. The maximum atomic E-state index is 12.4. The van der Waals surface area contributed by atoms with Crippen molar-refractivity contribution in [2.24, 2.45) is 5.92 Å². The van der Waals surface area contributed by atoms with Crippen molar-refractivity contribution in [1.82, 2.24) is 0 Å². The molecule has 1 aliphatic heterocycles. The summed E-state index contributed by atoms with van der Waals surface area (Å²) in [4.78, 5) is 12.4. The summed E-state index contributed by atoms with van der Waals surface area (Å²) in [5, 5.41) is 0. The smallest absolute Gasteiger partial charge is 0.168 e. The van der Waals surface area contributed by atoms with Crippen LogP contribution in [0.2, 0.25) is 0 Å². The van der Waals surface area contributed by atoms with Crippen LogP contribution < -0.4 is 9.47 Å². The molecule has 1 atom stereocenters. The van der Waals surface area contributed by atoms with Gasteiger partial charge < -0.3 is 14.2 Å². The Kier molecular flexibility index (Phi) is 5.41. The van der Waals surface area contributed by atoms with Crippen LogP contribution >= 0.6 is 0 Å². The molecule has 2 rings (SSSR count). The summed E-state index contributed by atoms with van der Waals surface area (Å²) in [6, 6.07) is 5.40. The fourth-order valence-corrected chi connectivity index (χ4v) is 2.39. The predicted molar refractivity (Wildman–Crippen MR) is 76.7 cm³/mol. The van der Waals surface area contributed by atoms with E-state index in [2.05, 4.69) is 0 Å². The molecule has 1 aliphatic rings. The Morgan fingerprint density at radius 2 is 2.00 bits per heavy atom. The first-order chi connectivity index (χ1) is 9.76.